The van der Waals surface area contributed by atoms with Crippen molar-refractivity contribution in [2.45, 2.75) is 18.3 Å². The van der Waals surface area contributed by atoms with Gasteiger partial charge in [0, 0.05) is 63.9 Å². The van der Waals surface area contributed by atoms with Crippen LogP contribution in [0, 0.1) is 0 Å². The fourth-order valence-corrected chi connectivity index (χ4v) is 3.98. The number of ether oxygens (including phenoxy) is 1. The molecule has 1 aliphatic carbocycles. The Morgan fingerprint density at radius 1 is 1.24 bits per heavy atom. The summed E-state index contributed by atoms with van der Waals surface area (Å²) in [5.74, 6) is 0.984. The average molecular weight is 422 g/mol. The topological polar surface area (TPSA) is 69.2 Å². The average Bonchev–Trinajstić information content (AvgIpc) is 3.51. The van der Waals surface area contributed by atoms with Crippen LogP contribution in [0.5, 0.6) is 0 Å². The summed E-state index contributed by atoms with van der Waals surface area (Å²) in [6.45, 7) is 5.79. The maximum Gasteiger partial charge on any atom is 0.234 e. The van der Waals surface area contributed by atoms with Crippen LogP contribution >= 0.6 is 11.6 Å². The number of methoxy groups -OCH3 is 1. The molecule has 0 spiro atoms. The van der Waals surface area contributed by atoms with Crippen LogP contribution in [0.2, 0.25) is 5.02 Å². The van der Waals surface area contributed by atoms with Gasteiger partial charge in [0.25, 0.3) is 0 Å². The Balaban J connectivity index is 1.44. The molecule has 2 aliphatic rings. The Morgan fingerprint density at radius 2 is 2.00 bits per heavy atom. The molecular formula is C21H32ClN5O2. The van der Waals surface area contributed by atoms with Crippen LogP contribution in [-0.2, 0) is 14.9 Å². The number of piperazine rings is 1. The maximum absolute atomic E-state index is 12.0. The highest BCUT2D eigenvalue weighted by Gasteiger charge is 2.44. The van der Waals surface area contributed by atoms with Crippen LogP contribution in [-0.4, -0.2) is 88.2 Å². The van der Waals surface area contributed by atoms with E-state index in [9.17, 15) is 4.79 Å². The van der Waals surface area contributed by atoms with E-state index < -0.39 is 0 Å². The Labute approximate surface area is 178 Å². The van der Waals surface area contributed by atoms with Crippen molar-refractivity contribution in [3.63, 3.8) is 0 Å². The van der Waals surface area contributed by atoms with E-state index in [1.165, 1.54) is 18.4 Å². The molecule has 0 unspecified atom stereocenters. The molecule has 0 aromatic heterocycles. The minimum absolute atomic E-state index is 0.0511. The largest absolute Gasteiger partial charge is 0.383 e. The molecule has 1 saturated carbocycles. The van der Waals surface area contributed by atoms with E-state index in [4.69, 9.17) is 16.3 Å². The van der Waals surface area contributed by atoms with Crippen LogP contribution in [0.15, 0.2) is 29.3 Å². The first-order valence-electron chi connectivity index (χ1n) is 10.3. The molecule has 3 rings (SSSR count). The van der Waals surface area contributed by atoms with Gasteiger partial charge in [-0.3, -0.25) is 14.7 Å². The Kier molecular flexibility index (Phi) is 7.75. The van der Waals surface area contributed by atoms with Gasteiger partial charge in [-0.1, -0.05) is 23.7 Å². The molecule has 1 saturated heterocycles. The summed E-state index contributed by atoms with van der Waals surface area (Å²) in [6.07, 6.45) is 2.34. The fraction of sp³-hybridized carbons (Fsp3) is 0.619. The van der Waals surface area contributed by atoms with Gasteiger partial charge >= 0.3 is 0 Å². The summed E-state index contributed by atoms with van der Waals surface area (Å²) in [5.41, 5.74) is 1.47. The van der Waals surface area contributed by atoms with E-state index >= 15 is 0 Å². The SMILES string of the molecule is CN=C(NCC1(c2cccc(Cl)c2)CC1)N1CCN(CC(=O)NCCOC)CC1. The van der Waals surface area contributed by atoms with Crippen molar-refractivity contribution in [3.8, 4) is 0 Å². The molecule has 0 atom stereocenters. The molecule has 1 aliphatic heterocycles. The molecule has 1 aromatic carbocycles. The zero-order valence-corrected chi connectivity index (χ0v) is 18.2. The fourth-order valence-electron chi connectivity index (χ4n) is 3.79. The predicted octanol–water partition coefficient (Wildman–Crippen LogP) is 1.33. The minimum Gasteiger partial charge on any atom is -0.383 e. The monoisotopic (exact) mass is 421 g/mol. The normalized spacial score (nSPS) is 19.1. The number of hydrogen-bond acceptors (Lipinski definition) is 4. The molecule has 7 nitrogen and oxygen atoms in total. The number of halogens is 1. The van der Waals surface area contributed by atoms with Crippen molar-refractivity contribution >= 4 is 23.5 Å². The number of carbonyl (C=O) groups excluding carboxylic acids is 1. The lowest BCUT2D eigenvalue weighted by molar-refractivity contribution is -0.122. The molecule has 29 heavy (non-hydrogen) atoms. The first kappa shape index (κ1) is 21.9. The Bertz CT molecular complexity index is 715. The lowest BCUT2D eigenvalue weighted by Gasteiger charge is -2.36. The van der Waals surface area contributed by atoms with Gasteiger partial charge in [0.15, 0.2) is 5.96 Å². The van der Waals surface area contributed by atoms with Crippen LogP contribution in [0.4, 0.5) is 0 Å². The van der Waals surface area contributed by atoms with Crippen molar-refractivity contribution in [3.05, 3.63) is 34.9 Å². The van der Waals surface area contributed by atoms with Gasteiger partial charge in [-0.2, -0.15) is 0 Å². The molecule has 1 amide bonds. The van der Waals surface area contributed by atoms with Gasteiger partial charge in [-0.05, 0) is 30.5 Å². The molecule has 2 fully saturated rings. The van der Waals surface area contributed by atoms with E-state index in [1.807, 2.05) is 19.2 Å². The maximum atomic E-state index is 12.0. The van der Waals surface area contributed by atoms with Crippen molar-refractivity contribution in [1.82, 2.24) is 20.4 Å². The number of benzene rings is 1. The molecule has 1 heterocycles. The third-order valence-electron chi connectivity index (χ3n) is 5.75. The minimum atomic E-state index is 0.0511. The predicted molar refractivity (Wildman–Crippen MR) is 117 cm³/mol. The third kappa shape index (κ3) is 6.07. The van der Waals surface area contributed by atoms with Gasteiger partial charge in [0.2, 0.25) is 5.91 Å². The number of aliphatic imine (C=N–C) groups is 1. The molecule has 160 valence electrons. The van der Waals surface area contributed by atoms with Crippen LogP contribution in [0.3, 0.4) is 0 Å². The summed E-state index contributed by atoms with van der Waals surface area (Å²) in [7, 11) is 3.46. The molecule has 0 bridgehead atoms. The number of carbonyl (C=O) groups is 1. The Morgan fingerprint density at radius 3 is 2.62 bits per heavy atom. The quantitative estimate of drug-likeness (QED) is 0.376. The van der Waals surface area contributed by atoms with Crippen LogP contribution in [0.1, 0.15) is 18.4 Å². The van der Waals surface area contributed by atoms with Crippen LogP contribution in [0.25, 0.3) is 0 Å². The molecular weight excluding hydrogens is 390 g/mol. The summed E-state index contributed by atoms with van der Waals surface area (Å²) >= 11 is 6.18. The highest BCUT2D eigenvalue weighted by atomic mass is 35.5. The highest BCUT2D eigenvalue weighted by Crippen LogP contribution is 2.48. The molecule has 2 N–H and O–H groups in total. The first-order chi connectivity index (χ1) is 14.1. The van der Waals surface area contributed by atoms with Crippen molar-refractivity contribution in [2.24, 2.45) is 4.99 Å². The zero-order chi connectivity index (χ0) is 20.7. The van der Waals surface area contributed by atoms with E-state index in [2.05, 4.69) is 37.6 Å². The van der Waals surface area contributed by atoms with Gasteiger partial charge in [0.1, 0.15) is 0 Å². The number of nitrogens with zero attached hydrogens (tertiary/aromatic N) is 3. The zero-order valence-electron chi connectivity index (χ0n) is 17.4. The standard InChI is InChI=1S/C21H32ClN5O2/c1-23-20(25-16-21(6-7-21)17-4-3-5-18(22)14-17)27-11-9-26(10-12-27)15-19(28)24-8-13-29-2/h3-5,14H,6-13,15-16H2,1-2H3,(H,23,25)(H,24,28). The van der Waals surface area contributed by atoms with Gasteiger partial charge < -0.3 is 20.3 Å². The molecule has 8 heteroatoms. The van der Waals surface area contributed by atoms with E-state index in [0.717, 1.165) is 43.7 Å². The van der Waals surface area contributed by atoms with E-state index in [1.54, 1.807) is 7.11 Å². The highest BCUT2D eigenvalue weighted by molar-refractivity contribution is 6.30. The van der Waals surface area contributed by atoms with E-state index in [0.29, 0.717) is 19.7 Å². The third-order valence-corrected chi connectivity index (χ3v) is 5.99. The van der Waals surface area contributed by atoms with Gasteiger partial charge in [-0.15, -0.1) is 0 Å². The summed E-state index contributed by atoms with van der Waals surface area (Å²) in [4.78, 5) is 20.9. The number of nitrogens with one attached hydrogen (secondary N) is 2. The van der Waals surface area contributed by atoms with Crippen molar-refractivity contribution in [1.29, 1.82) is 0 Å². The number of guanidine groups is 1. The van der Waals surface area contributed by atoms with Crippen LogP contribution < -0.4 is 10.6 Å². The van der Waals surface area contributed by atoms with Gasteiger partial charge in [0.05, 0.1) is 13.2 Å². The summed E-state index contributed by atoms with van der Waals surface area (Å²) in [5, 5.41) is 7.24. The second-order valence-electron chi connectivity index (χ2n) is 7.80. The second-order valence-corrected chi connectivity index (χ2v) is 8.23. The van der Waals surface area contributed by atoms with Gasteiger partial charge in [-0.25, -0.2) is 0 Å². The lowest BCUT2D eigenvalue weighted by atomic mass is 9.96. The lowest BCUT2D eigenvalue weighted by Crippen LogP contribution is -2.54. The summed E-state index contributed by atoms with van der Waals surface area (Å²) < 4.78 is 4.96. The molecule has 0 radical (unpaired) electrons. The number of hydrogen-bond donors (Lipinski definition) is 2. The van der Waals surface area contributed by atoms with Crippen molar-refractivity contribution < 1.29 is 9.53 Å². The van der Waals surface area contributed by atoms with Crippen molar-refractivity contribution in [2.75, 3.05) is 66.6 Å². The smallest absolute Gasteiger partial charge is 0.234 e. The second kappa shape index (κ2) is 10.3. The van der Waals surface area contributed by atoms with E-state index in [-0.39, 0.29) is 11.3 Å². The summed E-state index contributed by atoms with van der Waals surface area (Å²) in [6, 6.07) is 8.19. The Hall–Kier alpha value is -1.83. The first-order valence-corrected chi connectivity index (χ1v) is 10.6. The number of rotatable bonds is 8. The molecule has 1 aromatic rings. The number of amides is 1.